The highest BCUT2D eigenvalue weighted by Gasteiger charge is 2.34. The van der Waals surface area contributed by atoms with Crippen molar-refractivity contribution in [3.8, 4) is 0 Å². The highest BCUT2D eigenvalue weighted by atomic mass is 32.2. The Hall–Kier alpha value is -2.20. The Morgan fingerprint density at radius 1 is 1.03 bits per heavy atom. The molecule has 2 aliphatic rings. The van der Waals surface area contributed by atoms with Gasteiger partial charge < -0.3 is 14.5 Å². The molecule has 1 aromatic carbocycles. The molecule has 2 fully saturated rings. The number of piperazine rings is 1. The number of nitrogens with zero attached hydrogens (tertiary/aromatic N) is 3. The first-order valence-electron chi connectivity index (χ1n) is 10.2. The van der Waals surface area contributed by atoms with Gasteiger partial charge in [0.2, 0.25) is 15.9 Å². The monoisotopic (exact) mass is 441 g/mol. The average Bonchev–Trinajstić information content (AvgIpc) is 2.75. The lowest BCUT2D eigenvalue weighted by Crippen LogP contribution is -2.53. The van der Waals surface area contributed by atoms with Crippen molar-refractivity contribution in [1.29, 1.82) is 0 Å². The second kappa shape index (κ2) is 9.74. The average molecular weight is 442 g/mol. The zero-order chi connectivity index (χ0) is 21.7. The largest absolute Gasteiger partial charge is 0.450 e. The van der Waals surface area contributed by atoms with Crippen LogP contribution in [0.25, 0.3) is 0 Å². The SMILES string of the molecule is CCOC(=O)N1CCN(C(=O)C2CCN(S(=O)(=O)Cc3ccccc3F)CC2)CC1. The number of piperidine rings is 1. The molecule has 30 heavy (non-hydrogen) atoms. The molecule has 2 aliphatic heterocycles. The number of benzene rings is 1. The van der Waals surface area contributed by atoms with E-state index in [4.69, 9.17) is 4.74 Å². The predicted molar refractivity (Wildman–Crippen MR) is 108 cm³/mol. The summed E-state index contributed by atoms with van der Waals surface area (Å²) in [7, 11) is -3.64. The normalized spacial score (nSPS) is 19.0. The highest BCUT2D eigenvalue weighted by molar-refractivity contribution is 7.88. The highest BCUT2D eigenvalue weighted by Crippen LogP contribution is 2.24. The van der Waals surface area contributed by atoms with E-state index in [1.165, 1.54) is 22.5 Å². The second-order valence-electron chi connectivity index (χ2n) is 7.53. The van der Waals surface area contributed by atoms with Gasteiger partial charge in [0.05, 0.1) is 12.4 Å². The van der Waals surface area contributed by atoms with Crippen LogP contribution >= 0.6 is 0 Å². The maximum Gasteiger partial charge on any atom is 0.409 e. The van der Waals surface area contributed by atoms with Crippen molar-refractivity contribution in [3.05, 3.63) is 35.6 Å². The molecule has 0 aromatic heterocycles. The van der Waals surface area contributed by atoms with Crippen molar-refractivity contribution in [2.45, 2.75) is 25.5 Å². The second-order valence-corrected chi connectivity index (χ2v) is 9.50. The third kappa shape index (κ3) is 5.28. The van der Waals surface area contributed by atoms with E-state index in [9.17, 15) is 22.4 Å². The third-order valence-corrected chi connectivity index (χ3v) is 7.44. The number of sulfonamides is 1. The van der Waals surface area contributed by atoms with Crippen LogP contribution < -0.4 is 0 Å². The molecular formula is C20H28FN3O5S. The molecule has 10 heteroatoms. The summed E-state index contributed by atoms with van der Waals surface area (Å²) in [6, 6.07) is 5.85. The van der Waals surface area contributed by atoms with Crippen LogP contribution in [0, 0.1) is 11.7 Å². The molecule has 0 radical (unpaired) electrons. The molecule has 2 amide bonds. The predicted octanol–water partition coefficient (Wildman–Crippen LogP) is 1.67. The first kappa shape index (κ1) is 22.5. The summed E-state index contributed by atoms with van der Waals surface area (Å²) in [5, 5.41) is 0. The van der Waals surface area contributed by atoms with Gasteiger partial charge >= 0.3 is 6.09 Å². The first-order valence-corrected chi connectivity index (χ1v) is 11.8. The zero-order valence-electron chi connectivity index (χ0n) is 17.1. The minimum Gasteiger partial charge on any atom is -0.450 e. The number of halogens is 1. The molecule has 0 bridgehead atoms. The number of hydrogen-bond donors (Lipinski definition) is 0. The molecule has 3 rings (SSSR count). The lowest BCUT2D eigenvalue weighted by molar-refractivity contribution is -0.138. The molecule has 0 saturated carbocycles. The van der Waals surface area contributed by atoms with E-state index in [0.29, 0.717) is 45.6 Å². The minimum absolute atomic E-state index is 0.00432. The van der Waals surface area contributed by atoms with E-state index in [1.54, 1.807) is 22.8 Å². The van der Waals surface area contributed by atoms with Crippen molar-refractivity contribution in [2.75, 3.05) is 45.9 Å². The number of ether oxygens (including phenoxy) is 1. The molecule has 1 aromatic rings. The molecule has 0 N–H and O–H groups in total. The standard InChI is InChI=1S/C20H28FN3O5S/c1-2-29-20(26)23-13-11-22(12-14-23)19(25)16-7-9-24(10-8-16)30(27,28)15-17-5-3-4-6-18(17)21/h3-6,16H,2,7-15H2,1H3. The van der Waals surface area contributed by atoms with Crippen molar-refractivity contribution in [3.63, 3.8) is 0 Å². The zero-order valence-corrected chi connectivity index (χ0v) is 17.9. The van der Waals surface area contributed by atoms with Crippen molar-refractivity contribution >= 4 is 22.0 Å². The maximum absolute atomic E-state index is 13.8. The van der Waals surface area contributed by atoms with Crippen molar-refractivity contribution < 1.29 is 27.1 Å². The number of carbonyl (C=O) groups excluding carboxylic acids is 2. The summed E-state index contributed by atoms with van der Waals surface area (Å²) in [5.74, 6) is -1.15. The van der Waals surface area contributed by atoms with E-state index in [2.05, 4.69) is 0 Å². The maximum atomic E-state index is 13.8. The van der Waals surface area contributed by atoms with Gasteiger partial charge in [0, 0.05) is 50.7 Å². The van der Waals surface area contributed by atoms with Crippen LogP contribution in [0.3, 0.4) is 0 Å². The van der Waals surface area contributed by atoms with Crippen LogP contribution in [0.2, 0.25) is 0 Å². The molecule has 0 spiro atoms. The third-order valence-electron chi connectivity index (χ3n) is 5.61. The summed E-state index contributed by atoms with van der Waals surface area (Å²) >= 11 is 0. The van der Waals surface area contributed by atoms with Crippen LogP contribution in [0.15, 0.2) is 24.3 Å². The van der Waals surface area contributed by atoms with Gasteiger partial charge in [0.15, 0.2) is 0 Å². The number of rotatable bonds is 5. The van der Waals surface area contributed by atoms with Crippen molar-refractivity contribution in [1.82, 2.24) is 14.1 Å². The van der Waals surface area contributed by atoms with Gasteiger partial charge in [-0.05, 0) is 25.8 Å². The van der Waals surface area contributed by atoms with Crippen molar-refractivity contribution in [2.24, 2.45) is 5.92 Å². The first-order chi connectivity index (χ1) is 14.3. The molecule has 2 saturated heterocycles. The molecule has 2 heterocycles. The smallest absolute Gasteiger partial charge is 0.409 e. The van der Waals surface area contributed by atoms with Gasteiger partial charge in [0.25, 0.3) is 0 Å². The van der Waals surface area contributed by atoms with E-state index >= 15 is 0 Å². The lowest BCUT2D eigenvalue weighted by Gasteiger charge is -2.38. The topological polar surface area (TPSA) is 87.2 Å². The quantitative estimate of drug-likeness (QED) is 0.694. The van der Waals surface area contributed by atoms with Crippen LogP contribution in [0.4, 0.5) is 9.18 Å². The summed E-state index contributed by atoms with van der Waals surface area (Å²) < 4.78 is 45.5. The Kier molecular flexibility index (Phi) is 7.30. The molecule has 166 valence electrons. The van der Waals surface area contributed by atoms with Crippen LogP contribution in [-0.4, -0.2) is 80.4 Å². The molecule has 0 aliphatic carbocycles. The van der Waals surface area contributed by atoms with Gasteiger partial charge in [-0.3, -0.25) is 4.79 Å². The van der Waals surface area contributed by atoms with Crippen LogP contribution in [-0.2, 0) is 25.3 Å². The van der Waals surface area contributed by atoms with Gasteiger partial charge in [-0.15, -0.1) is 0 Å². The van der Waals surface area contributed by atoms with E-state index < -0.39 is 15.8 Å². The Bertz CT molecular complexity index is 863. The molecule has 0 unspecified atom stereocenters. The fourth-order valence-electron chi connectivity index (χ4n) is 3.87. The van der Waals surface area contributed by atoms with E-state index in [1.807, 2.05) is 0 Å². The van der Waals surface area contributed by atoms with Gasteiger partial charge in [0.1, 0.15) is 5.82 Å². The molecule has 0 atom stereocenters. The van der Waals surface area contributed by atoms with Gasteiger partial charge in [-0.2, -0.15) is 0 Å². The summed E-state index contributed by atoms with van der Waals surface area (Å²) in [6.45, 7) is 4.32. The number of carbonyl (C=O) groups is 2. The number of amides is 2. The summed E-state index contributed by atoms with van der Waals surface area (Å²) in [6.07, 6.45) is 0.513. The van der Waals surface area contributed by atoms with Gasteiger partial charge in [-0.1, -0.05) is 18.2 Å². The van der Waals surface area contributed by atoms with Gasteiger partial charge in [-0.25, -0.2) is 21.9 Å². The van der Waals surface area contributed by atoms with Crippen LogP contribution in [0.1, 0.15) is 25.3 Å². The fourth-order valence-corrected chi connectivity index (χ4v) is 5.44. The van der Waals surface area contributed by atoms with E-state index in [0.717, 1.165) is 0 Å². The Morgan fingerprint density at radius 3 is 2.23 bits per heavy atom. The number of hydrogen-bond acceptors (Lipinski definition) is 5. The molecule has 8 nitrogen and oxygen atoms in total. The summed E-state index contributed by atoms with van der Waals surface area (Å²) in [4.78, 5) is 27.9. The fraction of sp³-hybridized carbons (Fsp3) is 0.600. The Morgan fingerprint density at radius 2 is 1.63 bits per heavy atom. The Labute approximate surface area is 176 Å². The Balaban J connectivity index is 1.50. The summed E-state index contributed by atoms with van der Waals surface area (Å²) in [5.41, 5.74) is 0.148. The molecular weight excluding hydrogens is 413 g/mol. The van der Waals surface area contributed by atoms with E-state index in [-0.39, 0.29) is 42.3 Å². The minimum atomic E-state index is -3.64. The van der Waals surface area contributed by atoms with Crippen LogP contribution in [0.5, 0.6) is 0 Å². The lowest BCUT2D eigenvalue weighted by atomic mass is 9.96.